The van der Waals surface area contributed by atoms with Crippen molar-refractivity contribution >= 4 is 35.2 Å². The molecule has 0 aromatic heterocycles. The number of halogens is 1. The van der Waals surface area contributed by atoms with Gasteiger partial charge in [-0.15, -0.1) is 11.8 Å². The Morgan fingerprint density at radius 3 is 2.22 bits per heavy atom. The molecule has 37 heavy (non-hydrogen) atoms. The Kier molecular flexibility index (Phi) is 8.46. The van der Waals surface area contributed by atoms with Crippen LogP contribution in [-0.4, -0.2) is 53.7 Å². The highest BCUT2D eigenvalue weighted by Crippen LogP contribution is 2.39. The van der Waals surface area contributed by atoms with Crippen LogP contribution in [0.15, 0.2) is 72.8 Å². The second kappa shape index (κ2) is 12.1. The number of carbonyl (C=O) groups is 2. The summed E-state index contributed by atoms with van der Waals surface area (Å²) in [5, 5.41) is 3.62. The quantitative estimate of drug-likeness (QED) is 0.445. The molecule has 2 aliphatic rings. The third-order valence-corrected chi connectivity index (χ3v) is 8.19. The fraction of sp³-hybridized carbons (Fsp3) is 0.310. The van der Waals surface area contributed by atoms with E-state index in [1.807, 2.05) is 53.4 Å². The molecule has 2 saturated heterocycles. The molecule has 0 unspecified atom stereocenters. The van der Waals surface area contributed by atoms with Crippen LogP contribution in [0.25, 0.3) is 0 Å². The van der Waals surface area contributed by atoms with Gasteiger partial charge in [-0.1, -0.05) is 60.1 Å². The summed E-state index contributed by atoms with van der Waals surface area (Å²) < 4.78 is 5.41. The van der Waals surface area contributed by atoms with Gasteiger partial charge in [-0.25, -0.2) is 0 Å². The molecule has 3 aromatic carbocycles. The molecule has 0 saturated carbocycles. The first-order valence-electron chi connectivity index (χ1n) is 12.5. The van der Waals surface area contributed by atoms with Crippen molar-refractivity contribution in [1.29, 1.82) is 0 Å². The second-order valence-corrected chi connectivity index (χ2v) is 10.8. The Bertz CT molecular complexity index is 1210. The van der Waals surface area contributed by atoms with Gasteiger partial charge in [-0.3, -0.25) is 14.5 Å². The molecule has 2 amide bonds. The predicted octanol–water partition coefficient (Wildman–Crippen LogP) is 4.88. The van der Waals surface area contributed by atoms with Crippen molar-refractivity contribution in [3.05, 3.63) is 106 Å². The maximum Gasteiger partial charge on any atom is 0.251 e. The van der Waals surface area contributed by atoms with Crippen LogP contribution >= 0.6 is 23.4 Å². The summed E-state index contributed by atoms with van der Waals surface area (Å²) in [5.74, 6) is 0.450. The van der Waals surface area contributed by atoms with Gasteiger partial charge in [0.05, 0.1) is 19.0 Å². The molecule has 0 spiro atoms. The number of carbonyl (C=O) groups excluding carboxylic acids is 2. The summed E-state index contributed by atoms with van der Waals surface area (Å²) in [6, 6.07) is 23.5. The average molecular weight is 536 g/mol. The zero-order valence-electron chi connectivity index (χ0n) is 20.6. The summed E-state index contributed by atoms with van der Waals surface area (Å²) in [6.45, 7) is 5.44. The van der Waals surface area contributed by atoms with E-state index in [1.54, 1.807) is 11.8 Å². The second-order valence-electron chi connectivity index (χ2n) is 9.32. The summed E-state index contributed by atoms with van der Waals surface area (Å²) >= 11 is 7.60. The van der Waals surface area contributed by atoms with Gasteiger partial charge >= 0.3 is 0 Å². The molecule has 1 atom stereocenters. The molecule has 5 rings (SSSR count). The molecule has 0 bridgehead atoms. The third kappa shape index (κ3) is 6.73. The number of nitrogens with zero attached hydrogens (tertiary/aromatic N) is 2. The Morgan fingerprint density at radius 2 is 1.51 bits per heavy atom. The standard InChI is InChI=1S/C29H30ClN3O3S/c30-26-11-5-23(6-12-26)19-33-27(34)20-37-29(33)25-9-7-24(8-10-25)28(35)31-17-21-1-3-22(4-2-21)18-32-13-15-36-16-14-32/h1-12,29H,13-20H2,(H,31,35)/t29-/m1/s1. The number of morpholine rings is 1. The lowest BCUT2D eigenvalue weighted by Crippen LogP contribution is -2.35. The van der Waals surface area contributed by atoms with Crippen molar-refractivity contribution < 1.29 is 14.3 Å². The van der Waals surface area contributed by atoms with Gasteiger partial charge in [0.2, 0.25) is 5.91 Å². The number of benzene rings is 3. The van der Waals surface area contributed by atoms with Gasteiger partial charge in [0.1, 0.15) is 5.37 Å². The molecular formula is C29H30ClN3O3S. The number of thioether (sulfide) groups is 1. The average Bonchev–Trinajstić information content (AvgIpc) is 3.29. The predicted molar refractivity (Wildman–Crippen MR) is 147 cm³/mol. The normalized spacial score (nSPS) is 18.2. The van der Waals surface area contributed by atoms with E-state index in [0.717, 1.165) is 49.5 Å². The van der Waals surface area contributed by atoms with E-state index in [9.17, 15) is 9.59 Å². The minimum atomic E-state index is -0.114. The Labute approximate surface area is 226 Å². The molecule has 0 radical (unpaired) electrons. The van der Waals surface area contributed by atoms with Crippen LogP contribution in [0, 0.1) is 0 Å². The lowest BCUT2D eigenvalue weighted by molar-refractivity contribution is -0.128. The molecule has 3 aromatic rings. The van der Waals surface area contributed by atoms with Crippen LogP contribution in [-0.2, 0) is 29.2 Å². The number of ether oxygens (including phenoxy) is 1. The fourth-order valence-electron chi connectivity index (χ4n) is 4.55. The molecule has 2 heterocycles. The van der Waals surface area contributed by atoms with Crippen molar-refractivity contribution in [3.8, 4) is 0 Å². The fourth-order valence-corrected chi connectivity index (χ4v) is 5.87. The summed E-state index contributed by atoms with van der Waals surface area (Å²) in [5.41, 5.74) is 4.98. The van der Waals surface area contributed by atoms with Crippen LogP contribution in [0.5, 0.6) is 0 Å². The largest absolute Gasteiger partial charge is 0.379 e. The van der Waals surface area contributed by atoms with E-state index in [0.29, 0.717) is 29.4 Å². The van der Waals surface area contributed by atoms with Crippen LogP contribution in [0.4, 0.5) is 0 Å². The molecular weight excluding hydrogens is 506 g/mol. The monoisotopic (exact) mass is 535 g/mol. The Morgan fingerprint density at radius 1 is 0.892 bits per heavy atom. The molecule has 1 N–H and O–H groups in total. The first-order chi connectivity index (χ1) is 18.0. The summed E-state index contributed by atoms with van der Waals surface area (Å²) in [6.07, 6.45) is 0. The van der Waals surface area contributed by atoms with Crippen molar-refractivity contribution in [2.24, 2.45) is 0 Å². The SMILES string of the molecule is O=C(NCc1ccc(CN2CCOCC2)cc1)c1ccc([C@H]2SCC(=O)N2Cc2ccc(Cl)cc2)cc1. The number of rotatable bonds is 8. The molecule has 0 aliphatic carbocycles. The van der Waals surface area contributed by atoms with Crippen molar-refractivity contribution in [1.82, 2.24) is 15.1 Å². The number of amides is 2. The first kappa shape index (κ1) is 25.8. The van der Waals surface area contributed by atoms with Gasteiger partial charge in [-0.05, 0) is 46.5 Å². The van der Waals surface area contributed by atoms with E-state index < -0.39 is 0 Å². The highest BCUT2D eigenvalue weighted by Gasteiger charge is 2.32. The maximum atomic E-state index is 12.8. The number of hydrogen-bond donors (Lipinski definition) is 1. The van der Waals surface area contributed by atoms with Gasteiger partial charge in [-0.2, -0.15) is 0 Å². The molecule has 2 fully saturated rings. The minimum absolute atomic E-state index is 0.0729. The highest BCUT2D eigenvalue weighted by atomic mass is 35.5. The zero-order valence-corrected chi connectivity index (χ0v) is 22.1. The molecule has 2 aliphatic heterocycles. The van der Waals surface area contributed by atoms with Crippen LogP contribution in [0.3, 0.4) is 0 Å². The molecule has 6 nitrogen and oxygen atoms in total. The van der Waals surface area contributed by atoms with Crippen LogP contribution in [0.2, 0.25) is 5.02 Å². The maximum absolute atomic E-state index is 12.8. The van der Waals surface area contributed by atoms with Gasteiger partial charge in [0.25, 0.3) is 5.91 Å². The lowest BCUT2D eigenvalue weighted by Gasteiger charge is -2.26. The molecule has 8 heteroatoms. The Hall–Kier alpha value is -2.84. The zero-order chi connectivity index (χ0) is 25.6. The topological polar surface area (TPSA) is 61.9 Å². The van der Waals surface area contributed by atoms with E-state index in [2.05, 4.69) is 34.5 Å². The van der Waals surface area contributed by atoms with Crippen molar-refractivity contribution in [2.45, 2.75) is 25.0 Å². The summed E-state index contributed by atoms with van der Waals surface area (Å²) in [4.78, 5) is 29.6. The minimum Gasteiger partial charge on any atom is -0.379 e. The Balaban J connectivity index is 1.15. The first-order valence-corrected chi connectivity index (χ1v) is 13.9. The van der Waals surface area contributed by atoms with Crippen molar-refractivity contribution in [3.63, 3.8) is 0 Å². The van der Waals surface area contributed by atoms with E-state index in [4.69, 9.17) is 16.3 Å². The van der Waals surface area contributed by atoms with E-state index in [1.165, 1.54) is 5.56 Å². The number of nitrogens with one attached hydrogen (secondary N) is 1. The molecule has 192 valence electrons. The van der Waals surface area contributed by atoms with Crippen LogP contribution in [0.1, 0.15) is 38.0 Å². The summed E-state index contributed by atoms with van der Waals surface area (Å²) in [7, 11) is 0. The van der Waals surface area contributed by atoms with Gasteiger partial charge in [0.15, 0.2) is 0 Å². The van der Waals surface area contributed by atoms with E-state index >= 15 is 0 Å². The van der Waals surface area contributed by atoms with Crippen LogP contribution < -0.4 is 5.32 Å². The van der Waals surface area contributed by atoms with Gasteiger partial charge in [0, 0.05) is 43.3 Å². The van der Waals surface area contributed by atoms with Crippen molar-refractivity contribution in [2.75, 3.05) is 32.1 Å². The van der Waals surface area contributed by atoms with Gasteiger partial charge < -0.3 is 15.0 Å². The number of hydrogen-bond acceptors (Lipinski definition) is 5. The lowest BCUT2D eigenvalue weighted by atomic mass is 10.1. The van der Waals surface area contributed by atoms with E-state index in [-0.39, 0.29) is 17.2 Å². The highest BCUT2D eigenvalue weighted by molar-refractivity contribution is 8.00. The third-order valence-electron chi connectivity index (χ3n) is 6.68. The smallest absolute Gasteiger partial charge is 0.251 e.